The van der Waals surface area contributed by atoms with Gasteiger partial charge in [-0.15, -0.1) is 0 Å². The molecule has 144 valence electrons. The number of aliphatic carboxylic acids is 1. The summed E-state index contributed by atoms with van der Waals surface area (Å²) in [6, 6.07) is 0. The molecule has 1 rings (SSSR count). The van der Waals surface area contributed by atoms with Gasteiger partial charge in [-0.25, -0.2) is 0 Å². The smallest absolute Gasteiger partial charge is 0.310 e. The average molecular weight is 353 g/mol. The van der Waals surface area contributed by atoms with Crippen molar-refractivity contribution in [2.45, 2.75) is 91.1 Å². The Bertz CT molecular complexity index is 428. The first-order chi connectivity index (χ1) is 12.0. The number of unbranched alkanes of at least 4 members (excludes halogenated alkanes) is 3. The van der Waals surface area contributed by atoms with Crippen molar-refractivity contribution in [2.75, 3.05) is 0 Å². The molecule has 0 aliphatic heterocycles. The van der Waals surface area contributed by atoms with E-state index in [0.29, 0.717) is 12.8 Å². The molecule has 4 nitrogen and oxygen atoms in total. The van der Waals surface area contributed by atoms with E-state index in [1.807, 2.05) is 12.2 Å². The van der Waals surface area contributed by atoms with Crippen LogP contribution in [0.5, 0.6) is 0 Å². The number of rotatable bonds is 12. The molecule has 0 aromatic carbocycles. The summed E-state index contributed by atoms with van der Waals surface area (Å²) in [5.41, 5.74) is 0. The number of carboxylic acids is 1. The van der Waals surface area contributed by atoms with Gasteiger partial charge in [0, 0.05) is 0 Å². The Morgan fingerprint density at radius 2 is 1.60 bits per heavy atom. The Morgan fingerprint density at radius 3 is 2.16 bits per heavy atom. The number of hydrogen-bond acceptors (Lipinski definition) is 3. The van der Waals surface area contributed by atoms with E-state index in [0.717, 1.165) is 31.6 Å². The van der Waals surface area contributed by atoms with Gasteiger partial charge in [0.2, 0.25) is 0 Å². The van der Waals surface area contributed by atoms with Gasteiger partial charge in [-0.2, -0.15) is 0 Å². The summed E-state index contributed by atoms with van der Waals surface area (Å²) in [6.07, 6.45) is 13.3. The molecule has 0 aromatic rings. The molecule has 1 aliphatic carbocycles. The molecular formula is C21H36O4. The molecule has 3 atom stereocenters. The van der Waals surface area contributed by atoms with E-state index in [9.17, 15) is 14.7 Å². The standard InChI is InChI=1S/C21H36O4/c1-4-11-17(13-8-6-5-7-12-16(2)3)25-21(24)19-15-10-9-14-18(19)20(22)23/h9-10,16-19H,4-8,11-15H2,1-3H3,(H,22,23). The highest BCUT2D eigenvalue weighted by Gasteiger charge is 2.35. The molecule has 0 radical (unpaired) electrons. The second-order valence-electron chi connectivity index (χ2n) is 7.73. The maximum atomic E-state index is 12.5. The monoisotopic (exact) mass is 352 g/mol. The minimum absolute atomic E-state index is 0.0667. The largest absolute Gasteiger partial charge is 0.481 e. The number of allylic oxidation sites excluding steroid dienone is 2. The number of carbonyl (C=O) groups excluding carboxylic acids is 1. The molecule has 0 amide bonds. The van der Waals surface area contributed by atoms with Crippen LogP contribution in [0, 0.1) is 17.8 Å². The molecule has 1 aliphatic rings. The Balaban J connectivity index is 2.41. The molecular weight excluding hydrogens is 316 g/mol. The van der Waals surface area contributed by atoms with Crippen molar-refractivity contribution in [3.05, 3.63) is 12.2 Å². The van der Waals surface area contributed by atoms with E-state index in [-0.39, 0.29) is 12.1 Å². The molecule has 0 heterocycles. The number of carbonyl (C=O) groups is 2. The third kappa shape index (κ3) is 8.55. The summed E-state index contributed by atoms with van der Waals surface area (Å²) < 4.78 is 5.72. The number of esters is 1. The lowest BCUT2D eigenvalue weighted by molar-refractivity contribution is -0.162. The van der Waals surface area contributed by atoms with Gasteiger partial charge in [-0.3, -0.25) is 9.59 Å². The minimum Gasteiger partial charge on any atom is -0.481 e. The minimum atomic E-state index is -0.900. The second-order valence-corrected chi connectivity index (χ2v) is 7.73. The summed E-state index contributed by atoms with van der Waals surface area (Å²) in [6.45, 7) is 6.59. The first kappa shape index (κ1) is 21.7. The molecule has 25 heavy (non-hydrogen) atoms. The highest BCUT2D eigenvalue weighted by molar-refractivity contribution is 5.81. The SMILES string of the molecule is CCCC(CCCCCCC(C)C)OC(=O)C1CC=CCC1C(=O)O. The fraction of sp³-hybridized carbons (Fsp3) is 0.810. The van der Waals surface area contributed by atoms with Crippen LogP contribution in [-0.2, 0) is 14.3 Å². The Hall–Kier alpha value is -1.32. The van der Waals surface area contributed by atoms with E-state index in [4.69, 9.17) is 4.74 Å². The highest BCUT2D eigenvalue weighted by atomic mass is 16.5. The third-order valence-electron chi connectivity index (χ3n) is 5.00. The summed E-state index contributed by atoms with van der Waals surface area (Å²) in [5.74, 6) is -1.64. The van der Waals surface area contributed by atoms with Gasteiger partial charge in [0.25, 0.3) is 0 Å². The van der Waals surface area contributed by atoms with Gasteiger partial charge in [0.05, 0.1) is 11.8 Å². The first-order valence-corrected chi connectivity index (χ1v) is 10.0. The van der Waals surface area contributed by atoms with Crippen molar-refractivity contribution in [2.24, 2.45) is 17.8 Å². The highest BCUT2D eigenvalue weighted by Crippen LogP contribution is 2.28. The lowest BCUT2D eigenvalue weighted by Gasteiger charge is -2.26. The van der Waals surface area contributed by atoms with Crippen molar-refractivity contribution in [1.82, 2.24) is 0 Å². The maximum Gasteiger partial charge on any atom is 0.310 e. The predicted molar refractivity (Wildman–Crippen MR) is 100 cm³/mol. The fourth-order valence-corrected chi connectivity index (χ4v) is 3.46. The Morgan fingerprint density at radius 1 is 1.00 bits per heavy atom. The van der Waals surface area contributed by atoms with E-state index in [1.165, 1.54) is 25.7 Å². The number of ether oxygens (including phenoxy) is 1. The van der Waals surface area contributed by atoms with Gasteiger partial charge in [0.1, 0.15) is 6.10 Å². The summed E-state index contributed by atoms with van der Waals surface area (Å²) >= 11 is 0. The normalized spacial score (nSPS) is 21.3. The van der Waals surface area contributed by atoms with Crippen LogP contribution in [0.4, 0.5) is 0 Å². The average Bonchev–Trinajstić information content (AvgIpc) is 2.57. The second kappa shape index (κ2) is 12.1. The fourth-order valence-electron chi connectivity index (χ4n) is 3.46. The zero-order valence-corrected chi connectivity index (χ0v) is 16.2. The summed E-state index contributed by atoms with van der Waals surface area (Å²) in [5, 5.41) is 9.32. The van der Waals surface area contributed by atoms with Crippen molar-refractivity contribution in [3.8, 4) is 0 Å². The molecule has 0 aromatic heterocycles. The van der Waals surface area contributed by atoms with Crippen LogP contribution in [0.25, 0.3) is 0 Å². The lowest BCUT2D eigenvalue weighted by atomic mass is 9.83. The molecule has 1 N–H and O–H groups in total. The van der Waals surface area contributed by atoms with Crippen molar-refractivity contribution in [1.29, 1.82) is 0 Å². The summed E-state index contributed by atoms with van der Waals surface area (Å²) in [4.78, 5) is 23.8. The Kier molecular flexibility index (Phi) is 10.5. The van der Waals surface area contributed by atoms with Crippen LogP contribution in [-0.4, -0.2) is 23.1 Å². The predicted octanol–water partition coefficient (Wildman–Crippen LogP) is 5.36. The van der Waals surface area contributed by atoms with Crippen LogP contribution in [0.2, 0.25) is 0 Å². The van der Waals surface area contributed by atoms with E-state index < -0.39 is 17.8 Å². The quantitative estimate of drug-likeness (QED) is 0.292. The van der Waals surface area contributed by atoms with Gasteiger partial charge < -0.3 is 9.84 Å². The zero-order chi connectivity index (χ0) is 18.7. The van der Waals surface area contributed by atoms with E-state index in [2.05, 4.69) is 20.8 Å². The molecule has 0 saturated heterocycles. The lowest BCUT2D eigenvalue weighted by Crippen LogP contribution is -2.34. The maximum absolute atomic E-state index is 12.5. The van der Waals surface area contributed by atoms with E-state index >= 15 is 0 Å². The van der Waals surface area contributed by atoms with Gasteiger partial charge in [-0.1, -0.05) is 65.0 Å². The van der Waals surface area contributed by atoms with Crippen molar-refractivity contribution < 1.29 is 19.4 Å². The molecule has 0 saturated carbocycles. The zero-order valence-electron chi connectivity index (χ0n) is 16.2. The molecule has 0 fully saturated rings. The first-order valence-electron chi connectivity index (χ1n) is 10.0. The molecule has 4 heteroatoms. The van der Waals surface area contributed by atoms with E-state index in [1.54, 1.807) is 0 Å². The molecule has 0 bridgehead atoms. The molecule has 0 spiro atoms. The molecule has 3 unspecified atom stereocenters. The van der Waals surface area contributed by atoms with Gasteiger partial charge >= 0.3 is 11.9 Å². The Labute approximate surface area is 153 Å². The summed E-state index contributed by atoms with van der Waals surface area (Å²) in [7, 11) is 0. The topological polar surface area (TPSA) is 63.6 Å². The van der Waals surface area contributed by atoms with Crippen LogP contribution >= 0.6 is 0 Å². The van der Waals surface area contributed by atoms with Crippen LogP contribution in [0.1, 0.15) is 85.0 Å². The van der Waals surface area contributed by atoms with Gasteiger partial charge in [-0.05, 0) is 38.0 Å². The number of hydrogen-bond donors (Lipinski definition) is 1. The third-order valence-corrected chi connectivity index (χ3v) is 5.00. The van der Waals surface area contributed by atoms with Crippen molar-refractivity contribution in [3.63, 3.8) is 0 Å². The number of carboxylic acid groups (broad SMARTS) is 1. The van der Waals surface area contributed by atoms with Crippen molar-refractivity contribution >= 4 is 11.9 Å². The van der Waals surface area contributed by atoms with Crippen LogP contribution in [0.15, 0.2) is 12.2 Å². The van der Waals surface area contributed by atoms with Crippen LogP contribution < -0.4 is 0 Å². The van der Waals surface area contributed by atoms with Gasteiger partial charge in [0.15, 0.2) is 0 Å². The van der Waals surface area contributed by atoms with Crippen LogP contribution in [0.3, 0.4) is 0 Å².